The molecule has 0 radical (unpaired) electrons. The number of hydrogen-bond donors (Lipinski definition) is 0. The Morgan fingerprint density at radius 2 is 1.54 bits per heavy atom. The first-order chi connectivity index (χ1) is 16.1. The van der Waals surface area contributed by atoms with E-state index < -0.39 is 10.8 Å². The third kappa shape index (κ3) is 3.00. The highest BCUT2D eigenvalue weighted by atomic mass is 16.5. The molecule has 0 N–H and O–H groups in total. The van der Waals surface area contributed by atoms with E-state index in [-0.39, 0.29) is 57.1 Å². The number of fused-ring (bicyclic) bond motifs is 7. The average molecular weight is 483 g/mol. The van der Waals surface area contributed by atoms with Crippen LogP contribution >= 0.6 is 0 Å². The van der Waals surface area contributed by atoms with Crippen LogP contribution in [0.2, 0.25) is 0 Å². The van der Waals surface area contributed by atoms with Crippen LogP contribution in [0.5, 0.6) is 0 Å². The summed E-state index contributed by atoms with van der Waals surface area (Å²) >= 11 is 0. The molecule has 5 rings (SSSR count). The van der Waals surface area contributed by atoms with Crippen LogP contribution in [-0.4, -0.2) is 24.6 Å². The molecule has 0 bridgehead atoms. The number of ether oxygens (including phenoxy) is 1. The Labute approximate surface area is 212 Å². The molecule has 0 heterocycles. The van der Waals surface area contributed by atoms with Crippen LogP contribution in [0.1, 0.15) is 99.8 Å². The van der Waals surface area contributed by atoms with E-state index in [1.54, 1.807) is 0 Å². The van der Waals surface area contributed by atoms with Gasteiger partial charge in [0.25, 0.3) is 0 Å². The van der Waals surface area contributed by atoms with Gasteiger partial charge in [-0.25, -0.2) is 0 Å². The Morgan fingerprint density at radius 3 is 2.20 bits per heavy atom. The SMILES string of the molecule is COC(=O)C12CCC(C)(C)C[C@H]1C1C(=O)C[C@@H]3[C@@]4(C)C=CC(=O)C(C)(C)[C@@H]4CC[C@@]3(C)[C@]1(C)CC2. The molecule has 4 nitrogen and oxygen atoms in total. The molecule has 0 spiro atoms. The van der Waals surface area contributed by atoms with Gasteiger partial charge >= 0.3 is 5.97 Å². The van der Waals surface area contributed by atoms with Crippen LogP contribution in [0, 0.1) is 56.2 Å². The maximum Gasteiger partial charge on any atom is 0.312 e. The lowest BCUT2D eigenvalue weighted by atomic mass is 9.32. The van der Waals surface area contributed by atoms with Gasteiger partial charge in [-0.3, -0.25) is 14.4 Å². The van der Waals surface area contributed by atoms with E-state index in [2.05, 4.69) is 54.5 Å². The molecule has 5 aliphatic rings. The number of hydrogen-bond acceptors (Lipinski definition) is 4. The van der Waals surface area contributed by atoms with Gasteiger partial charge in [0, 0.05) is 17.8 Å². The van der Waals surface area contributed by atoms with Crippen molar-refractivity contribution in [1.29, 1.82) is 0 Å². The molecule has 0 aromatic carbocycles. The third-order valence-corrected chi connectivity index (χ3v) is 12.9. The first-order valence-corrected chi connectivity index (χ1v) is 13.9. The molecular formula is C31H46O4. The van der Waals surface area contributed by atoms with Crippen molar-refractivity contribution in [2.24, 2.45) is 56.2 Å². The minimum absolute atomic E-state index is 0.0124. The summed E-state index contributed by atoms with van der Waals surface area (Å²) in [5.41, 5.74) is -1.13. The van der Waals surface area contributed by atoms with Crippen molar-refractivity contribution in [3.63, 3.8) is 0 Å². The van der Waals surface area contributed by atoms with E-state index in [0.29, 0.717) is 12.2 Å². The summed E-state index contributed by atoms with van der Waals surface area (Å²) < 4.78 is 5.43. The topological polar surface area (TPSA) is 60.4 Å². The standard InChI is InChI=1S/C31H46O4/c1-26(2)13-15-31(25(34)35-8)16-14-30(7)24(19(31)18-26)20(32)17-22-28(5)11-10-23(33)27(3,4)21(28)9-12-29(22,30)6/h10-11,19,21-22,24H,9,12-18H2,1-8H3/t19-,21-,22+,24?,28-,29+,30+,31?/m0/s1. The summed E-state index contributed by atoms with van der Waals surface area (Å²) in [4.78, 5) is 40.6. The molecule has 0 aliphatic heterocycles. The fraction of sp³-hybridized carbons (Fsp3) is 0.839. The van der Waals surface area contributed by atoms with Gasteiger partial charge in [0.15, 0.2) is 5.78 Å². The number of ketones is 2. The maximum atomic E-state index is 14.3. The second kappa shape index (κ2) is 7.32. The lowest BCUT2D eigenvalue weighted by Crippen LogP contribution is -2.69. The van der Waals surface area contributed by atoms with Crippen molar-refractivity contribution in [2.45, 2.75) is 99.8 Å². The van der Waals surface area contributed by atoms with Crippen LogP contribution in [0.25, 0.3) is 0 Å². The highest BCUT2D eigenvalue weighted by Gasteiger charge is 2.72. The highest BCUT2D eigenvalue weighted by Crippen LogP contribution is 2.75. The summed E-state index contributed by atoms with van der Waals surface area (Å²) in [6.07, 6.45) is 11.1. The summed E-state index contributed by atoms with van der Waals surface area (Å²) in [5.74, 6) is 0.909. The zero-order valence-corrected chi connectivity index (χ0v) is 23.3. The fourth-order valence-corrected chi connectivity index (χ4v) is 10.6. The second-order valence-electron chi connectivity index (χ2n) is 15.0. The van der Waals surface area contributed by atoms with E-state index in [4.69, 9.17) is 4.74 Å². The smallest absolute Gasteiger partial charge is 0.312 e. The monoisotopic (exact) mass is 482 g/mol. The minimum atomic E-state index is -0.520. The van der Waals surface area contributed by atoms with Crippen molar-refractivity contribution in [2.75, 3.05) is 7.11 Å². The number of allylic oxidation sites excluding steroid dienone is 2. The quantitative estimate of drug-likeness (QED) is 0.397. The number of Topliss-reactive ketones (excluding diaryl/α,β-unsaturated/α-hetero) is 1. The van der Waals surface area contributed by atoms with E-state index in [0.717, 1.165) is 44.9 Å². The molecule has 8 atom stereocenters. The molecule has 4 heteroatoms. The van der Waals surface area contributed by atoms with Gasteiger partial charge in [0.1, 0.15) is 5.78 Å². The Kier molecular flexibility index (Phi) is 5.27. The predicted octanol–water partition coefficient (Wildman–Crippen LogP) is 6.57. The van der Waals surface area contributed by atoms with Gasteiger partial charge in [-0.1, -0.05) is 54.5 Å². The molecule has 35 heavy (non-hydrogen) atoms. The summed E-state index contributed by atoms with van der Waals surface area (Å²) in [5, 5.41) is 0. The van der Waals surface area contributed by atoms with E-state index >= 15 is 0 Å². The maximum absolute atomic E-state index is 14.3. The van der Waals surface area contributed by atoms with E-state index in [1.807, 2.05) is 6.08 Å². The zero-order chi connectivity index (χ0) is 25.8. The van der Waals surface area contributed by atoms with Gasteiger partial charge in [0.05, 0.1) is 12.5 Å². The third-order valence-electron chi connectivity index (χ3n) is 12.9. The average Bonchev–Trinajstić information content (AvgIpc) is 2.77. The number of carbonyl (C=O) groups is 3. The Hall–Kier alpha value is -1.45. The Morgan fingerprint density at radius 1 is 0.886 bits per heavy atom. The van der Waals surface area contributed by atoms with Crippen LogP contribution in [0.4, 0.5) is 0 Å². The van der Waals surface area contributed by atoms with E-state index in [1.165, 1.54) is 7.11 Å². The number of methoxy groups -OCH3 is 1. The van der Waals surface area contributed by atoms with Crippen molar-refractivity contribution in [3.05, 3.63) is 12.2 Å². The van der Waals surface area contributed by atoms with Crippen molar-refractivity contribution < 1.29 is 19.1 Å². The van der Waals surface area contributed by atoms with Crippen LogP contribution in [0.3, 0.4) is 0 Å². The molecule has 194 valence electrons. The molecule has 5 aliphatic carbocycles. The first kappa shape index (κ1) is 25.2. The Balaban J connectivity index is 1.62. The molecule has 4 fully saturated rings. The lowest BCUT2D eigenvalue weighted by molar-refractivity contribution is -0.226. The van der Waals surface area contributed by atoms with Crippen LogP contribution in [-0.2, 0) is 19.1 Å². The first-order valence-electron chi connectivity index (χ1n) is 13.9. The molecule has 0 saturated heterocycles. The fourth-order valence-electron chi connectivity index (χ4n) is 10.6. The Bertz CT molecular complexity index is 1010. The van der Waals surface area contributed by atoms with Gasteiger partial charge in [-0.2, -0.15) is 0 Å². The predicted molar refractivity (Wildman–Crippen MR) is 136 cm³/mol. The van der Waals surface area contributed by atoms with Crippen molar-refractivity contribution >= 4 is 17.5 Å². The normalized spacial score (nSPS) is 49.8. The molecule has 4 saturated carbocycles. The largest absolute Gasteiger partial charge is 0.469 e. The van der Waals surface area contributed by atoms with Crippen molar-refractivity contribution in [1.82, 2.24) is 0 Å². The molecule has 0 aromatic rings. The number of carbonyl (C=O) groups excluding carboxylic acids is 3. The summed E-state index contributed by atoms with van der Waals surface area (Å²) in [6.45, 7) is 16.0. The highest BCUT2D eigenvalue weighted by molar-refractivity contribution is 5.96. The summed E-state index contributed by atoms with van der Waals surface area (Å²) in [7, 11) is 1.52. The number of esters is 1. The number of rotatable bonds is 1. The van der Waals surface area contributed by atoms with Crippen molar-refractivity contribution in [3.8, 4) is 0 Å². The van der Waals surface area contributed by atoms with Gasteiger partial charge in [0.2, 0.25) is 0 Å². The molecule has 0 aromatic heterocycles. The zero-order valence-electron chi connectivity index (χ0n) is 23.3. The molecule has 0 amide bonds. The van der Waals surface area contributed by atoms with Gasteiger partial charge in [-0.05, 0) is 90.4 Å². The van der Waals surface area contributed by atoms with Gasteiger partial charge in [-0.15, -0.1) is 0 Å². The van der Waals surface area contributed by atoms with Crippen LogP contribution in [0.15, 0.2) is 12.2 Å². The summed E-state index contributed by atoms with van der Waals surface area (Å²) in [6, 6.07) is 0. The van der Waals surface area contributed by atoms with Crippen LogP contribution < -0.4 is 0 Å². The van der Waals surface area contributed by atoms with Gasteiger partial charge < -0.3 is 4.74 Å². The second-order valence-corrected chi connectivity index (χ2v) is 15.0. The van der Waals surface area contributed by atoms with E-state index in [9.17, 15) is 14.4 Å². The molecular weight excluding hydrogens is 436 g/mol. The molecule has 2 unspecified atom stereocenters. The lowest BCUT2D eigenvalue weighted by Gasteiger charge is -2.71. The minimum Gasteiger partial charge on any atom is -0.469 e.